The van der Waals surface area contributed by atoms with E-state index in [1.807, 2.05) is 158 Å². The van der Waals surface area contributed by atoms with E-state index in [0.29, 0.717) is 45.3 Å². The van der Waals surface area contributed by atoms with Gasteiger partial charge in [0.25, 0.3) is 35.4 Å². The van der Waals surface area contributed by atoms with E-state index in [0.717, 1.165) is 32.1 Å². The second-order valence-electron chi connectivity index (χ2n) is 38.3. The number of carbonyl (C=O) groups is 6. The quantitative estimate of drug-likeness (QED) is 0.0175. The van der Waals surface area contributed by atoms with E-state index in [4.69, 9.17) is 55.5 Å². The van der Waals surface area contributed by atoms with Crippen LogP contribution >= 0.6 is 0 Å². The van der Waals surface area contributed by atoms with E-state index >= 15 is 28.8 Å². The van der Waals surface area contributed by atoms with Gasteiger partial charge in [-0.25, -0.2) is 9.97 Å². The van der Waals surface area contributed by atoms with E-state index in [9.17, 15) is 0 Å². The number of hydrogen-bond acceptors (Lipinski definition) is 20. The zero-order valence-electron chi connectivity index (χ0n) is 79.5. The van der Waals surface area contributed by atoms with Crippen molar-refractivity contribution in [2.24, 2.45) is 0 Å². The first-order chi connectivity index (χ1) is 65.1. The van der Waals surface area contributed by atoms with E-state index in [1.54, 1.807) is 85.2 Å². The molecule has 2 aliphatic heterocycles. The summed E-state index contributed by atoms with van der Waals surface area (Å²) in [6.07, 6.45) is 9.13. The molecular weight excluding hydrogens is 1750 g/mol. The number of imide groups is 2. The first-order valence-corrected chi connectivity index (χ1v) is 48.9. The van der Waals surface area contributed by atoms with Crippen molar-refractivity contribution in [2.45, 2.75) is 142 Å². The number of ether oxygens (including phenoxy) is 4. The highest BCUT2D eigenvalue weighted by molar-refractivity contribution is 6.60. The van der Waals surface area contributed by atoms with Gasteiger partial charge in [0, 0.05) is 146 Å². The Morgan fingerprint density at radius 1 is 0.316 bits per heavy atom. The lowest BCUT2D eigenvalue weighted by Gasteiger charge is -2.37. The van der Waals surface area contributed by atoms with Crippen LogP contribution < -0.4 is 28.7 Å². The van der Waals surface area contributed by atoms with Gasteiger partial charge in [-0.2, -0.15) is 0 Å². The maximum absolute atomic E-state index is 17.5. The van der Waals surface area contributed by atoms with E-state index < -0.39 is 65.1 Å². The van der Waals surface area contributed by atoms with Crippen LogP contribution in [0, 0.1) is 0 Å². The number of aromatic nitrogens is 4. The summed E-state index contributed by atoms with van der Waals surface area (Å²) in [5.41, 5.74) is 5.20. The predicted octanol–water partition coefficient (Wildman–Crippen LogP) is 22.7. The Bertz CT molecular complexity index is 6380. The molecule has 11 aromatic carbocycles. The van der Waals surface area contributed by atoms with Crippen LogP contribution in [0.1, 0.15) is 192 Å². The summed E-state index contributed by atoms with van der Waals surface area (Å²) in [5.74, 6) is -3.55. The van der Waals surface area contributed by atoms with Crippen molar-refractivity contribution in [3.63, 3.8) is 0 Å². The van der Waals surface area contributed by atoms with Crippen LogP contribution in [0.3, 0.4) is 0 Å². The number of anilines is 2. The molecule has 0 saturated heterocycles. The Morgan fingerprint density at radius 2 is 0.588 bits per heavy atom. The third-order valence-electron chi connectivity index (χ3n) is 25.5. The normalized spacial score (nSPS) is 13.7. The fourth-order valence-electron chi connectivity index (χ4n) is 18.1. The third-order valence-corrected chi connectivity index (χ3v) is 30.9. The van der Waals surface area contributed by atoms with Crippen molar-refractivity contribution in [1.82, 2.24) is 29.7 Å². The minimum absolute atomic E-state index is 0.0130. The van der Waals surface area contributed by atoms with Crippen LogP contribution in [0.5, 0.6) is 46.0 Å². The van der Waals surface area contributed by atoms with E-state index in [-0.39, 0.29) is 158 Å². The molecule has 4 aromatic heterocycles. The molecule has 692 valence electrons. The van der Waals surface area contributed by atoms with Gasteiger partial charge in [-0.3, -0.25) is 58.3 Å². The zero-order chi connectivity index (χ0) is 96.2. The molecule has 2 unspecified atom stereocenters. The molecule has 26 heteroatoms. The maximum Gasteiger partial charge on any atom is 0.504 e. The summed E-state index contributed by atoms with van der Waals surface area (Å²) >= 11 is 0. The Labute approximate surface area is 793 Å². The van der Waals surface area contributed by atoms with Gasteiger partial charge in [0.2, 0.25) is 0 Å². The number of hydrogen-bond donors (Lipinski definition) is 0. The second kappa shape index (κ2) is 37.3. The van der Waals surface area contributed by atoms with Crippen molar-refractivity contribution in [3.05, 3.63) is 346 Å². The summed E-state index contributed by atoms with van der Waals surface area (Å²) in [4.78, 5) is 128. The third kappa shape index (κ3) is 18.1. The molecule has 0 aliphatic carbocycles. The molecule has 0 bridgehead atoms. The monoisotopic (exact) mass is 1850 g/mol. The molecule has 6 amide bonds. The standard InChI is InChI=1S/C110H108N8O16Si2/c1-107(2,3)73-33-41-77(42-34-73)131-85-57-81-91-82(102(120)117(101(81)119)99(71-31-25-51-111-61-71)105(123)115(63-67-27-21-19-22-28-67)89-55-69(49-53-113-89)65-135(125-13,126-14)127-15)59-87(133-79-45-37-75(38-46-79)109(7,8)9)95-96-88(134-80-47-39-76(40-48-80)110(10,11)12)60-84-92-83(58-86(94(98(92)96)93(85)97(91)95)132-78-43-35-74(36-44-78)108(4,5)6)103(121)118(104(84)122)100(72-32-26-52-112-62-72)106(124)116(64-68-29-23-20-24-30-68)90-56-70(50-54-114-90)66-136(128-16,129-17)130-18/h19-62,99-100H,63-66H2,1-18H3. The molecule has 2 aliphatic rings. The van der Waals surface area contributed by atoms with Gasteiger partial charge in [0.05, 0.1) is 35.3 Å². The summed E-state index contributed by atoms with van der Waals surface area (Å²) in [5, 5.41) is 1.50. The first kappa shape index (κ1) is 93.7. The molecule has 0 N–H and O–H groups in total. The molecule has 24 nitrogen and oxygen atoms in total. The molecule has 0 saturated carbocycles. The summed E-state index contributed by atoms with van der Waals surface area (Å²) < 4.78 is 65.9. The Morgan fingerprint density at radius 3 is 0.831 bits per heavy atom. The van der Waals surface area contributed by atoms with Crippen LogP contribution in [-0.2, 0) is 83.0 Å². The molecule has 6 heterocycles. The van der Waals surface area contributed by atoms with Crippen LogP contribution in [0.2, 0.25) is 0 Å². The molecule has 0 fully saturated rings. The van der Waals surface area contributed by atoms with Crippen LogP contribution in [0.15, 0.2) is 268 Å². The maximum atomic E-state index is 17.5. The van der Waals surface area contributed by atoms with Crippen LogP contribution in [-0.4, -0.2) is 125 Å². The van der Waals surface area contributed by atoms with Crippen molar-refractivity contribution in [3.8, 4) is 46.0 Å². The van der Waals surface area contributed by atoms with E-state index in [1.165, 1.54) is 77.2 Å². The smallest absolute Gasteiger partial charge is 0.457 e. The lowest BCUT2D eigenvalue weighted by Crippen LogP contribution is -2.50. The number of benzene rings is 11. The van der Waals surface area contributed by atoms with Gasteiger partial charge in [-0.05, 0) is 175 Å². The van der Waals surface area contributed by atoms with Gasteiger partial charge in [-0.15, -0.1) is 0 Å². The summed E-state index contributed by atoms with van der Waals surface area (Å²) in [7, 11) is 2.39. The Kier molecular flexibility index (Phi) is 25.7. The molecule has 0 spiro atoms. The predicted molar refractivity (Wildman–Crippen MR) is 528 cm³/mol. The minimum Gasteiger partial charge on any atom is -0.457 e. The fourth-order valence-corrected chi connectivity index (χ4v) is 21.4. The number of pyridine rings is 4. The number of nitrogens with zero attached hydrogens (tertiary/aromatic N) is 8. The van der Waals surface area contributed by atoms with Crippen LogP contribution in [0.25, 0.3) is 43.1 Å². The van der Waals surface area contributed by atoms with Crippen LogP contribution in [0.4, 0.5) is 11.6 Å². The number of amides is 6. The number of carbonyl (C=O) groups excluding carboxylic acids is 6. The first-order valence-electron chi connectivity index (χ1n) is 45.0. The van der Waals surface area contributed by atoms with Gasteiger partial charge in [0.1, 0.15) is 69.7 Å². The molecule has 2 atom stereocenters. The van der Waals surface area contributed by atoms with Crippen molar-refractivity contribution < 1.29 is 74.3 Å². The highest BCUT2D eigenvalue weighted by Crippen LogP contribution is 2.59. The summed E-state index contributed by atoms with van der Waals surface area (Å²) in [6, 6.07) is 65.7. The minimum atomic E-state index is -3.35. The van der Waals surface area contributed by atoms with Crippen molar-refractivity contribution in [1.29, 1.82) is 0 Å². The Balaban J connectivity index is 0.994. The molecular formula is C110H108N8O16Si2. The fraction of sp³-hybridized carbons (Fsp3) is 0.255. The molecule has 15 aromatic rings. The largest absolute Gasteiger partial charge is 0.504 e. The second-order valence-corrected chi connectivity index (χ2v) is 44.2. The average molecular weight is 1850 g/mol. The highest BCUT2D eigenvalue weighted by Gasteiger charge is 2.50. The lowest BCUT2D eigenvalue weighted by molar-refractivity contribution is -0.123. The average Bonchev–Trinajstić information content (AvgIpc) is 0.667. The summed E-state index contributed by atoms with van der Waals surface area (Å²) in [6.45, 7) is 25.0. The van der Waals surface area contributed by atoms with E-state index in [2.05, 4.69) is 93.1 Å². The van der Waals surface area contributed by atoms with Gasteiger partial charge < -0.3 is 45.5 Å². The SMILES string of the molecule is CO[Si](Cc1ccnc(N(Cc2ccccc2)C(=O)C(c2cccnc2)N2C(=O)c3cc(Oc4ccc(C(C)(C)C)cc4)c4c5c(Oc6ccc(C(C)(C)C)cc6)cc6c7c(cc(Oc8ccc(C(C)(C)C)cc8)c(c8c(Oc9ccc(C(C)(C)C)cc9)cc(c3c48)C2=O)c75)C(=O)N(C(C(=O)N(Cc2ccccc2)c2cc(C[Si](OC)(OC)OC)ccn2)c2cccnc2)C6=O)c1)(OC)OC. The molecule has 0 radical (unpaired) electrons. The van der Waals surface area contributed by atoms with Crippen molar-refractivity contribution >= 4 is 108 Å². The number of fused-ring (bicyclic) bond motifs is 2. The topological polar surface area (TPSA) is 259 Å². The van der Waals surface area contributed by atoms with Gasteiger partial charge in [-0.1, -0.05) is 204 Å². The Hall–Kier alpha value is -14.1. The lowest BCUT2D eigenvalue weighted by atomic mass is 9.80. The highest BCUT2D eigenvalue weighted by atomic mass is 28.4. The zero-order valence-corrected chi connectivity index (χ0v) is 81.5. The number of rotatable bonds is 30. The van der Waals surface area contributed by atoms with Crippen molar-refractivity contribution in [2.75, 3.05) is 52.5 Å². The molecule has 136 heavy (non-hydrogen) atoms. The van der Waals surface area contributed by atoms with Gasteiger partial charge in [0.15, 0.2) is 0 Å². The van der Waals surface area contributed by atoms with Gasteiger partial charge >= 0.3 is 17.6 Å². The molecule has 17 rings (SSSR count).